The van der Waals surface area contributed by atoms with Crippen LogP contribution < -0.4 is 5.32 Å². The molecule has 1 rings (SSSR count). The zero-order valence-corrected chi connectivity index (χ0v) is 7.38. The van der Waals surface area contributed by atoms with Crippen molar-refractivity contribution in [2.75, 3.05) is 26.2 Å². The fourth-order valence-corrected chi connectivity index (χ4v) is 1.57. The molecule has 0 aromatic heterocycles. The molecule has 3 heteroatoms. The Balaban J connectivity index is 2.38. The summed E-state index contributed by atoms with van der Waals surface area (Å²) in [6.07, 6.45) is 0. The lowest BCUT2D eigenvalue weighted by Crippen LogP contribution is -2.55. The molecule has 0 aliphatic carbocycles. The molecule has 2 unspecified atom stereocenters. The molecule has 1 saturated heterocycles. The fourth-order valence-electron chi connectivity index (χ4n) is 1.57. The normalized spacial score (nSPS) is 34.1. The van der Waals surface area contributed by atoms with E-state index in [2.05, 4.69) is 24.1 Å². The van der Waals surface area contributed by atoms with E-state index in [1.165, 1.54) is 0 Å². The van der Waals surface area contributed by atoms with E-state index in [1.807, 2.05) is 0 Å². The second-order valence-electron chi connectivity index (χ2n) is 3.24. The summed E-state index contributed by atoms with van der Waals surface area (Å²) in [6, 6.07) is 1.10. The van der Waals surface area contributed by atoms with Crippen molar-refractivity contribution in [1.29, 1.82) is 0 Å². The highest BCUT2D eigenvalue weighted by Gasteiger charge is 2.22. The van der Waals surface area contributed by atoms with Crippen LogP contribution >= 0.6 is 0 Å². The van der Waals surface area contributed by atoms with E-state index in [4.69, 9.17) is 5.11 Å². The van der Waals surface area contributed by atoms with Crippen molar-refractivity contribution in [3.63, 3.8) is 0 Å². The summed E-state index contributed by atoms with van der Waals surface area (Å²) in [6.45, 7) is 7.59. The molecule has 2 N–H and O–H groups in total. The number of hydrogen-bond donors (Lipinski definition) is 2. The van der Waals surface area contributed by atoms with Crippen LogP contribution in [0.25, 0.3) is 0 Å². The van der Waals surface area contributed by atoms with Gasteiger partial charge in [0.2, 0.25) is 0 Å². The molecule has 3 nitrogen and oxygen atoms in total. The van der Waals surface area contributed by atoms with Gasteiger partial charge in [-0.05, 0) is 13.8 Å². The van der Waals surface area contributed by atoms with Crippen LogP contribution in [0.4, 0.5) is 0 Å². The first-order valence-corrected chi connectivity index (χ1v) is 4.34. The maximum Gasteiger partial charge on any atom is 0.0558 e. The molecular formula is C8H18N2O. The molecule has 2 atom stereocenters. The highest BCUT2D eigenvalue weighted by Crippen LogP contribution is 2.07. The molecule has 11 heavy (non-hydrogen) atoms. The van der Waals surface area contributed by atoms with Gasteiger partial charge in [-0.15, -0.1) is 0 Å². The van der Waals surface area contributed by atoms with Gasteiger partial charge in [0, 0.05) is 31.7 Å². The van der Waals surface area contributed by atoms with Crippen molar-refractivity contribution in [2.24, 2.45) is 0 Å². The first kappa shape index (κ1) is 8.97. The Kier molecular flexibility index (Phi) is 3.30. The van der Waals surface area contributed by atoms with Crippen LogP contribution in [0, 0.1) is 0 Å². The second-order valence-corrected chi connectivity index (χ2v) is 3.24. The first-order chi connectivity index (χ1) is 5.25. The van der Waals surface area contributed by atoms with Gasteiger partial charge in [0.1, 0.15) is 0 Å². The third-order valence-corrected chi connectivity index (χ3v) is 2.55. The van der Waals surface area contributed by atoms with E-state index in [0.29, 0.717) is 12.1 Å². The minimum atomic E-state index is 0.275. The van der Waals surface area contributed by atoms with E-state index >= 15 is 0 Å². The highest BCUT2D eigenvalue weighted by atomic mass is 16.3. The third-order valence-electron chi connectivity index (χ3n) is 2.55. The predicted molar refractivity (Wildman–Crippen MR) is 45.6 cm³/mol. The number of nitrogens with one attached hydrogen (secondary N) is 1. The lowest BCUT2D eigenvalue weighted by atomic mass is 10.1. The van der Waals surface area contributed by atoms with Crippen LogP contribution in [0.2, 0.25) is 0 Å². The quantitative estimate of drug-likeness (QED) is 0.577. The lowest BCUT2D eigenvalue weighted by Gasteiger charge is -2.38. The molecule has 0 spiro atoms. The van der Waals surface area contributed by atoms with Crippen LogP contribution in [0.3, 0.4) is 0 Å². The van der Waals surface area contributed by atoms with Crippen LogP contribution in [-0.2, 0) is 0 Å². The van der Waals surface area contributed by atoms with E-state index in [9.17, 15) is 0 Å². The number of β-amino-alcohol motifs (C(OH)–C–C–N with tert-alkyl or cyclic N) is 1. The fraction of sp³-hybridized carbons (Fsp3) is 1.00. The van der Waals surface area contributed by atoms with Gasteiger partial charge in [0.15, 0.2) is 0 Å². The molecule has 0 amide bonds. The summed E-state index contributed by atoms with van der Waals surface area (Å²) in [7, 11) is 0. The average Bonchev–Trinajstić information content (AvgIpc) is 1.99. The molecule has 0 bridgehead atoms. The molecule has 1 aliphatic heterocycles. The third kappa shape index (κ3) is 2.15. The Bertz CT molecular complexity index is 117. The van der Waals surface area contributed by atoms with E-state index in [-0.39, 0.29) is 6.61 Å². The van der Waals surface area contributed by atoms with Gasteiger partial charge in [-0.1, -0.05) is 0 Å². The Morgan fingerprint density at radius 2 is 2.27 bits per heavy atom. The molecule has 66 valence electrons. The number of piperazine rings is 1. The SMILES string of the molecule is CC1NCCN(CCO)C1C. The van der Waals surface area contributed by atoms with E-state index in [0.717, 1.165) is 19.6 Å². The van der Waals surface area contributed by atoms with Crippen molar-refractivity contribution in [3.05, 3.63) is 0 Å². The Labute approximate surface area is 68.4 Å². The zero-order chi connectivity index (χ0) is 8.27. The molecule has 1 fully saturated rings. The van der Waals surface area contributed by atoms with Crippen molar-refractivity contribution >= 4 is 0 Å². The number of aliphatic hydroxyl groups excluding tert-OH is 1. The van der Waals surface area contributed by atoms with Crippen LogP contribution in [-0.4, -0.2) is 48.3 Å². The number of hydrogen-bond acceptors (Lipinski definition) is 3. The van der Waals surface area contributed by atoms with Gasteiger partial charge in [0.05, 0.1) is 6.61 Å². The average molecular weight is 158 g/mol. The van der Waals surface area contributed by atoms with Crippen LogP contribution in [0.5, 0.6) is 0 Å². The van der Waals surface area contributed by atoms with E-state index < -0.39 is 0 Å². The van der Waals surface area contributed by atoms with Crippen molar-refractivity contribution in [2.45, 2.75) is 25.9 Å². The monoisotopic (exact) mass is 158 g/mol. The van der Waals surface area contributed by atoms with Crippen molar-refractivity contribution in [3.8, 4) is 0 Å². The van der Waals surface area contributed by atoms with Gasteiger partial charge in [-0.2, -0.15) is 0 Å². The van der Waals surface area contributed by atoms with Crippen LogP contribution in [0.15, 0.2) is 0 Å². The Morgan fingerprint density at radius 3 is 2.91 bits per heavy atom. The smallest absolute Gasteiger partial charge is 0.0558 e. The molecule has 0 aromatic rings. The summed E-state index contributed by atoms with van der Waals surface area (Å²) < 4.78 is 0. The van der Waals surface area contributed by atoms with E-state index in [1.54, 1.807) is 0 Å². The number of nitrogens with zero attached hydrogens (tertiary/aromatic N) is 1. The molecule has 0 aromatic carbocycles. The summed E-state index contributed by atoms with van der Waals surface area (Å²) >= 11 is 0. The first-order valence-electron chi connectivity index (χ1n) is 4.34. The van der Waals surface area contributed by atoms with Gasteiger partial charge >= 0.3 is 0 Å². The molecule has 1 aliphatic rings. The minimum absolute atomic E-state index is 0.275. The Hall–Kier alpha value is -0.120. The van der Waals surface area contributed by atoms with Gasteiger partial charge < -0.3 is 10.4 Å². The standard InChI is InChI=1S/C8H18N2O/c1-7-8(2)10(5-6-11)4-3-9-7/h7-9,11H,3-6H2,1-2H3. The number of rotatable bonds is 2. The second kappa shape index (κ2) is 4.04. The van der Waals surface area contributed by atoms with Gasteiger partial charge in [-0.3, -0.25) is 4.90 Å². The largest absolute Gasteiger partial charge is 0.395 e. The maximum absolute atomic E-state index is 8.76. The van der Waals surface area contributed by atoms with Crippen molar-refractivity contribution < 1.29 is 5.11 Å². The maximum atomic E-state index is 8.76. The molecule has 0 saturated carbocycles. The molecule has 0 radical (unpaired) electrons. The lowest BCUT2D eigenvalue weighted by molar-refractivity contribution is 0.111. The topological polar surface area (TPSA) is 35.5 Å². The summed E-state index contributed by atoms with van der Waals surface area (Å²) in [5.41, 5.74) is 0. The predicted octanol–water partition coefficient (Wildman–Crippen LogP) is -0.339. The van der Waals surface area contributed by atoms with Crippen LogP contribution in [0.1, 0.15) is 13.8 Å². The van der Waals surface area contributed by atoms with Crippen molar-refractivity contribution in [1.82, 2.24) is 10.2 Å². The Morgan fingerprint density at radius 1 is 1.55 bits per heavy atom. The zero-order valence-electron chi connectivity index (χ0n) is 7.38. The highest BCUT2D eigenvalue weighted by molar-refractivity contribution is 4.82. The summed E-state index contributed by atoms with van der Waals surface area (Å²) in [5, 5.41) is 12.2. The van der Waals surface area contributed by atoms with Gasteiger partial charge in [0.25, 0.3) is 0 Å². The minimum Gasteiger partial charge on any atom is -0.395 e. The summed E-state index contributed by atoms with van der Waals surface area (Å²) in [5.74, 6) is 0. The number of aliphatic hydroxyl groups is 1. The molecular weight excluding hydrogens is 140 g/mol. The van der Waals surface area contributed by atoms with Gasteiger partial charge in [-0.25, -0.2) is 0 Å². The molecule has 1 heterocycles. The summed E-state index contributed by atoms with van der Waals surface area (Å²) in [4.78, 5) is 2.32.